The van der Waals surface area contributed by atoms with Gasteiger partial charge in [0, 0.05) is 17.9 Å². The molecule has 1 atom stereocenters. The van der Waals surface area contributed by atoms with Gasteiger partial charge in [-0.2, -0.15) is 0 Å². The molecule has 3 rings (SSSR count). The highest BCUT2D eigenvalue weighted by molar-refractivity contribution is 5.85. The third kappa shape index (κ3) is 9.39. The van der Waals surface area contributed by atoms with Gasteiger partial charge in [0.05, 0.1) is 6.61 Å². The number of fused-ring (bicyclic) bond motifs is 1. The molecule has 0 heterocycles. The Balaban J connectivity index is 1.67. The Morgan fingerprint density at radius 2 is 1.61 bits per heavy atom. The van der Waals surface area contributed by atoms with E-state index in [1.165, 1.54) is 34.7 Å². The van der Waals surface area contributed by atoms with Crippen LogP contribution >= 0.6 is 0 Å². The van der Waals surface area contributed by atoms with E-state index >= 15 is 0 Å². The van der Waals surface area contributed by atoms with Gasteiger partial charge < -0.3 is 15.4 Å². The largest absolute Gasteiger partial charge is 0.402 e. The summed E-state index contributed by atoms with van der Waals surface area (Å²) in [5, 5.41) is 2.57. The van der Waals surface area contributed by atoms with Gasteiger partial charge in [0.2, 0.25) is 0 Å². The molecule has 0 radical (unpaired) electrons. The van der Waals surface area contributed by atoms with Crippen molar-refractivity contribution >= 4 is 16.5 Å². The molecule has 0 spiro atoms. The maximum atomic E-state index is 6.50. The molecule has 0 aliphatic carbocycles. The lowest BCUT2D eigenvalue weighted by atomic mass is 10.0. The van der Waals surface area contributed by atoms with E-state index in [0.717, 1.165) is 37.2 Å². The average molecular weight is 509 g/mol. The number of nitrogens with zero attached hydrogens (tertiary/aromatic N) is 1. The molecule has 3 heteroatoms. The van der Waals surface area contributed by atoms with Crippen molar-refractivity contribution in [1.29, 1.82) is 0 Å². The summed E-state index contributed by atoms with van der Waals surface area (Å²) in [6.07, 6.45) is 19.6. The van der Waals surface area contributed by atoms with Gasteiger partial charge in [-0.3, -0.25) is 0 Å². The summed E-state index contributed by atoms with van der Waals surface area (Å²) >= 11 is 0. The predicted octanol–water partition coefficient (Wildman–Crippen LogP) is 8.65. The van der Waals surface area contributed by atoms with Gasteiger partial charge in [-0.15, -0.1) is 0 Å². The molecule has 2 N–H and O–H groups in total. The lowest BCUT2D eigenvalue weighted by Gasteiger charge is -2.31. The highest BCUT2D eigenvalue weighted by Gasteiger charge is 2.15. The van der Waals surface area contributed by atoms with Gasteiger partial charge in [0.25, 0.3) is 0 Å². The Kier molecular flexibility index (Phi) is 12.5. The van der Waals surface area contributed by atoms with Crippen molar-refractivity contribution in [2.75, 3.05) is 18.1 Å². The fourth-order valence-corrected chi connectivity index (χ4v) is 4.49. The first-order valence-electron chi connectivity index (χ1n) is 14.0. The molecule has 0 bridgehead atoms. The lowest BCUT2D eigenvalue weighted by molar-refractivity contribution is 0.0856. The molecule has 38 heavy (non-hydrogen) atoms. The molecule has 1 unspecified atom stereocenters. The smallest absolute Gasteiger partial charge is 0.149 e. The van der Waals surface area contributed by atoms with Gasteiger partial charge >= 0.3 is 0 Å². The Morgan fingerprint density at radius 1 is 0.868 bits per heavy atom. The number of aryl methyl sites for hydroxylation is 1. The summed E-state index contributed by atoms with van der Waals surface area (Å²) in [4.78, 5) is 2.29. The average Bonchev–Trinajstić information content (AvgIpc) is 2.93. The molecule has 3 aromatic rings. The highest BCUT2D eigenvalue weighted by Crippen LogP contribution is 2.21. The second-order valence-corrected chi connectivity index (χ2v) is 9.62. The van der Waals surface area contributed by atoms with E-state index in [0.29, 0.717) is 6.61 Å². The van der Waals surface area contributed by atoms with Crippen molar-refractivity contribution in [2.45, 2.75) is 59.1 Å². The third-order valence-corrected chi connectivity index (χ3v) is 6.65. The Morgan fingerprint density at radius 3 is 2.39 bits per heavy atom. The van der Waals surface area contributed by atoms with Gasteiger partial charge in [0.1, 0.15) is 6.23 Å². The van der Waals surface area contributed by atoms with Crippen molar-refractivity contribution in [3.8, 4) is 0 Å². The standard InChI is InChI=1S/C35H44N2O/c1-4-6-10-19-32(36)20-11-8-7-9-12-22-35(37(5-2)33-25-23-29(3)24-26-33)38-28-27-31-18-15-17-30-16-13-14-21-34(30)31/h7-9,11-18,20-26,35H,4-6,10,19,27-28,36H2,1-3H3/b9-7+,11-8-,22-12+,32-20?. The number of hydrogen-bond acceptors (Lipinski definition) is 3. The molecular formula is C35H44N2O. The van der Waals surface area contributed by atoms with Gasteiger partial charge in [-0.05, 0) is 73.7 Å². The topological polar surface area (TPSA) is 38.5 Å². The number of unbranched alkanes of at least 4 members (excludes halogenated alkanes) is 2. The third-order valence-electron chi connectivity index (χ3n) is 6.65. The minimum absolute atomic E-state index is 0.166. The van der Waals surface area contributed by atoms with Crippen LogP contribution in [-0.2, 0) is 11.2 Å². The number of hydrogen-bond donors (Lipinski definition) is 1. The molecule has 0 fully saturated rings. The molecule has 0 aromatic heterocycles. The van der Waals surface area contributed by atoms with Crippen LogP contribution in [0.3, 0.4) is 0 Å². The van der Waals surface area contributed by atoms with Crippen LogP contribution in [0, 0.1) is 6.92 Å². The number of likely N-dealkylation sites (N-methyl/N-ethyl adjacent to an activating group) is 1. The Labute approximate surface area is 230 Å². The molecule has 0 amide bonds. The summed E-state index contributed by atoms with van der Waals surface area (Å²) in [5.41, 5.74) is 10.7. The number of benzene rings is 3. The van der Waals surface area contributed by atoms with Crippen LogP contribution in [0.5, 0.6) is 0 Å². The minimum atomic E-state index is -0.166. The van der Waals surface area contributed by atoms with E-state index in [9.17, 15) is 0 Å². The molecule has 0 aliphatic rings. The number of ether oxygens (including phenoxy) is 1. The quantitative estimate of drug-likeness (QED) is 0.127. The van der Waals surface area contributed by atoms with Crippen LogP contribution in [0.1, 0.15) is 50.7 Å². The van der Waals surface area contributed by atoms with Crippen LogP contribution < -0.4 is 10.6 Å². The van der Waals surface area contributed by atoms with Crippen molar-refractivity contribution in [2.24, 2.45) is 5.73 Å². The summed E-state index contributed by atoms with van der Waals surface area (Å²) in [6.45, 7) is 7.98. The molecule has 200 valence electrons. The van der Waals surface area contributed by atoms with E-state index in [2.05, 4.69) is 105 Å². The van der Waals surface area contributed by atoms with Crippen LogP contribution in [0.25, 0.3) is 10.8 Å². The minimum Gasteiger partial charge on any atom is -0.402 e. The zero-order valence-electron chi connectivity index (χ0n) is 23.4. The second kappa shape index (κ2) is 16.3. The van der Waals surface area contributed by atoms with Crippen molar-refractivity contribution in [3.05, 3.63) is 126 Å². The van der Waals surface area contributed by atoms with E-state index < -0.39 is 0 Å². The fraction of sp³-hybridized carbons (Fsp3) is 0.314. The number of allylic oxidation sites excluding steroid dienone is 7. The second-order valence-electron chi connectivity index (χ2n) is 9.62. The van der Waals surface area contributed by atoms with Crippen LogP contribution in [0.4, 0.5) is 5.69 Å². The number of nitrogens with two attached hydrogens (primary N) is 1. The zero-order valence-corrected chi connectivity index (χ0v) is 23.4. The number of rotatable bonds is 15. The molecule has 3 nitrogen and oxygen atoms in total. The van der Waals surface area contributed by atoms with E-state index in [-0.39, 0.29) is 6.23 Å². The van der Waals surface area contributed by atoms with Crippen molar-refractivity contribution < 1.29 is 4.74 Å². The summed E-state index contributed by atoms with van der Waals surface area (Å²) in [6, 6.07) is 23.7. The normalized spacial score (nSPS) is 13.3. The van der Waals surface area contributed by atoms with Gasteiger partial charge in [-0.25, -0.2) is 0 Å². The van der Waals surface area contributed by atoms with Crippen LogP contribution in [0.15, 0.2) is 115 Å². The monoisotopic (exact) mass is 508 g/mol. The van der Waals surface area contributed by atoms with Crippen molar-refractivity contribution in [1.82, 2.24) is 0 Å². The zero-order chi connectivity index (χ0) is 27.0. The van der Waals surface area contributed by atoms with Crippen molar-refractivity contribution in [3.63, 3.8) is 0 Å². The van der Waals surface area contributed by atoms with E-state index in [4.69, 9.17) is 10.5 Å². The van der Waals surface area contributed by atoms with Crippen LogP contribution in [-0.4, -0.2) is 19.4 Å². The molecule has 3 aromatic carbocycles. The summed E-state index contributed by atoms with van der Waals surface area (Å²) in [7, 11) is 0. The Bertz CT molecular complexity index is 1210. The molecule has 0 aliphatic heterocycles. The SMILES string of the molecule is CCCCCC(N)=C\C=C/C=C/C=C/C(OCCc1cccc2ccccc12)N(CC)c1ccc(C)cc1. The first-order valence-corrected chi connectivity index (χ1v) is 14.0. The first kappa shape index (κ1) is 29.0. The Hall–Kier alpha value is -3.56. The summed E-state index contributed by atoms with van der Waals surface area (Å²) in [5.74, 6) is 0. The van der Waals surface area contributed by atoms with E-state index in [1.807, 2.05) is 30.4 Å². The van der Waals surface area contributed by atoms with Crippen LogP contribution in [0.2, 0.25) is 0 Å². The van der Waals surface area contributed by atoms with Gasteiger partial charge in [0.15, 0.2) is 0 Å². The lowest BCUT2D eigenvalue weighted by Crippen LogP contribution is -2.36. The highest BCUT2D eigenvalue weighted by atomic mass is 16.5. The molecule has 0 saturated heterocycles. The maximum absolute atomic E-state index is 6.50. The van der Waals surface area contributed by atoms with E-state index in [1.54, 1.807) is 0 Å². The maximum Gasteiger partial charge on any atom is 0.149 e. The fourth-order valence-electron chi connectivity index (χ4n) is 4.49. The molecular weight excluding hydrogens is 464 g/mol. The summed E-state index contributed by atoms with van der Waals surface area (Å²) < 4.78 is 6.50. The first-order chi connectivity index (χ1) is 18.6. The van der Waals surface area contributed by atoms with Gasteiger partial charge in [-0.1, -0.05) is 110 Å². The molecule has 0 saturated carbocycles. The predicted molar refractivity (Wildman–Crippen MR) is 165 cm³/mol. The number of anilines is 1.